The summed E-state index contributed by atoms with van der Waals surface area (Å²) in [6.07, 6.45) is 0.673. The number of benzene rings is 1. The standard InChI is InChI=1S/C24H31N5O6S/c1-14-10-11-18(35-14)20(24(2,3)4)26-22-21(27-36(33,34)28-22)25-17-9-5-8-16(19(17)31)23(32)29-12-6-7-15(30)13-29/h5,8-11,15,20,30-31H,6-7,12-13H2,1-4H3,(H,25,27)(H,26,28)/t15?,20-/m0/s1. The van der Waals surface area contributed by atoms with Gasteiger partial charge in [0.25, 0.3) is 5.91 Å². The maximum absolute atomic E-state index is 13.0. The van der Waals surface area contributed by atoms with Crippen molar-refractivity contribution in [1.29, 1.82) is 0 Å². The number of likely N-dealkylation sites (tertiary alicyclic amines) is 1. The van der Waals surface area contributed by atoms with Gasteiger partial charge in [-0.25, -0.2) is 0 Å². The van der Waals surface area contributed by atoms with Gasteiger partial charge in [0.2, 0.25) is 0 Å². The van der Waals surface area contributed by atoms with Gasteiger partial charge in [0.1, 0.15) is 11.5 Å². The number of carbonyl (C=O) groups excluding carboxylic acids is 1. The van der Waals surface area contributed by atoms with Crippen molar-refractivity contribution in [1.82, 2.24) is 10.2 Å². The van der Waals surface area contributed by atoms with Gasteiger partial charge in [-0.3, -0.25) is 4.79 Å². The average molecular weight is 518 g/mol. The molecule has 194 valence electrons. The maximum atomic E-state index is 13.0. The molecule has 2 atom stereocenters. The predicted octanol–water partition coefficient (Wildman–Crippen LogP) is 2.73. The summed E-state index contributed by atoms with van der Waals surface area (Å²) in [5, 5.41) is 26.7. The quantitative estimate of drug-likeness (QED) is 0.451. The lowest BCUT2D eigenvalue weighted by Gasteiger charge is -2.31. The van der Waals surface area contributed by atoms with Crippen molar-refractivity contribution < 1.29 is 27.8 Å². The molecule has 1 fully saturated rings. The number of amides is 1. The van der Waals surface area contributed by atoms with Crippen molar-refractivity contribution in [3.05, 3.63) is 47.4 Å². The molecule has 12 heteroatoms. The molecule has 4 N–H and O–H groups in total. The highest BCUT2D eigenvalue weighted by molar-refractivity contribution is 7.89. The van der Waals surface area contributed by atoms with Crippen LogP contribution >= 0.6 is 0 Å². The molecule has 0 spiro atoms. The van der Waals surface area contributed by atoms with Crippen molar-refractivity contribution >= 4 is 33.5 Å². The zero-order chi connectivity index (χ0) is 26.3. The highest BCUT2D eigenvalue weighted by Crippen LogP contribution is 2.35. The van der Waals surface area contributed by atoms with Crippen molar-refractivity contribution in [2.45, 2.75) is 52.7 Å². The molecule has 1 unspecified atom stereocenters. The van der Waals surface area contributed by atoms with Crippen LogP contribution in [0.4, 0.5) is 5.69 Å². The molecular weight excluding hydrogens is 486 g/mol. The van der Waals surface area contributed by atoms with Crippen LogP contribution in [0.5, 0.6) is 5.75 Å². The number of phenols is 1. The summed E-state index contributed by atoms with van der Waals surface area (Å²) in [4.78, 5) is 14.5. The Hall–Kier alpha value is -3.38. The fourth-order valence-corrected chi connectivity index (χ4v) is 5.00. The number of carbonyl (C=O) groups is 1. The number of hydrogen-bond acceptors (Lipinski definition) is 8. The van der Waals surface area contributed by atoms with Crippen molar-refractivity contribution in [3.63, 3.8) is 0 Å². The smallest absolute Gasteiger partial charge is 0.367 e. The Morgan fingerprint density at radius 3 is 2.56 bits per heavy atom. The minimum absolute atomic E-state index is 0.0284. The van der Waals surface area contributed by atoms with E-state index in [0.29, 0.717) is 30.9 Å². The van der Waals surface area contributed by atoms with Crippen molar-refractivity contribution in [2.24, 2.45) is 14.2 Å². The van der Waals surface area contributed by atoms with E-state index >= 15 is 0 Å². The van der Waals surface area contributed by atoms with E-state index in [2.05, 4.69) is 19.4 Å². The second-order valence-corrected chi connectivity index (χ2v) is 11.4. The fraction of sp³-hybridized carbons (Fsp3) is 0.458. The molecule has 1 aromatic carbocycles. The summed E-state index contributed by atoms with van der Waals surface area (Å²) in [5.74, 6) is 0.360. The molecule has 1 saturated heterocycles. The van der Waals surface area contributed by atoms with E-state index in [1.165, 1.54) is 17.0 Å². The third kappa shape index (κ3) is 5.54. The second kappa shape index (κ2) is 9.58. The van der Waals surface area contributed by atoms with Crippen LogP contribution in [-0.2, 0) is 10.2 Å². The van der Waals surface area contributed by atoms with Gasteiger partial charge in [-0.15, -0.1) is 8.80 Å². The topological polar surface area (TPSA) is 157 Å². The zero-order valence-corrected chi connectivity index (χ0v) is 21.5. The number of para-hydroxylation sites is 1. The monoisotopic (exact) mass is 517 g/mol. The van der Waals surface area contributed by atoms with Gasteiger partial charge < -0.3 is 30.2 Å². The molecule has 0 saturated carbocycles. The predicted molar refractivity (Wildman–Crippen MR) is 135 cm³/mol. The molecule has 2 aliphatic rings. The van der Waals surface area contributed by atoms with E-state index in [-0.39, 0.29) is 35.2 Å². The Bertz CT molecular complexity index is 1320. The van der Waals surface area contributed by atoms with Gasteiger partial charge in [0, 0.05) is 13.1 Å². The van der Waals surface area contributed by atoms with Gasteiger partial charge in [0.15, 0.2) is 17.4 Å². The van der Waals surface area contributed by atoms with E-state index in [1.807, 2.05) is 39.8 Å². The van der Waals surface area contributed by atoms with Gasteiger partial charge in [-0.05, 0) is 49.4 Å². The lowest BCUT2D eigenvalue weighted by molar-refractivity contribution is 0.0471. The number of amidine groups is 2. The van der Waals surface area contributed by atoms with Gasteiger partial charge in [-0.2, -0.15) is 8.42 Å². The van der Waals surface area contributed by atoms with Gasteiger partial charge >= 0.3 is 10.2 Å². The van der Waals surface area contributed by atoms with Gasteiger partial charge in [-0.1, -0.05) is 26.8 Å². The number of piperidine rings is 1. The van der Waals surface area contributed by atoms with E-state index in [1.54, 1.807) is 6.07 Å². The van der Waals surface area contributed by atoms with Crippen LogP contribution in [0, 0.1) is 12.3 Å². The fourth-order valence-electron chi connectivity index (χ4n) is 4.23. The summed E-state index contributed by atoms with van der Waals surface area (Å²) in [6, 6.07) is 7.71. The third-order valence-corrected chi connectivity index (χ3v) is 6.86. The molecule has 2 aliphatic heterocycles. The average Bonchev–Trinajstić information content (AvgIpc) is 3.33. The van der Waals surface area contributed by atoms with Crippen LogP contribution in [0.2, 0.25) is 0 Å². The number of rotatable bonds is 4. The van der Waals surface area contributed by atoms with Crippen LogP contribution in [0.15, 0.2) is 43.5 Å². The number of aromatic hydroxyl groups is 1. The van der Waals surface area contributed by atoms with E-state index < -0.39 is 33.7 Å². The molecule has 36 heavy (non-hydrogen) atoms. The van der Waals surface area contributed by atoms with Crippen LogP contribution in [0.3, 0.4) is 0 Å². The first-order valence-electron chi connectivity index (χ1n) is 11.7. The molecule has 11 nitrogen and oxygen atoms in total. The molecule has 4 rings (SSSR count). The Kier molecular flexibility index (Phi) is 6.84. The number of β-amino-alcohol motifs (C(OH)–C–C–N with tert-alkyl or cyclic N) is 1. The van der Waals surface area contributed by atoms with Gasteiger partial charge in [0.05, 0.1) is 23.4 Å². The molecule has 2 aromatic rings. The Morgan fingerprint density at radius 1 is 1.19 bits per heavy atom. The van der Waals surface area contributed by atoms with E-state index in [0.717, 1.165) is 0 Å². The maximum Gasteiger partial charge on any atom is 0.367 e. The van der Waals surface area contributed by atoms with Crippen LogP contribution < -0.4 is 10.6 Å². The summed E-state index contributed by atoms with van der Waals surface area (Å²) in [7, 11) is -4.16. The normalized spacial score (nSPS) is 20.5. The SMILES string of the molecule is Cc1ccc([C@H](NC2=NS(=O)(=O)N=C2Nc2cccc(C(=O)N3CCCC(O)C3)c2O)C(C)(C)C)o1. The number of nitrogens with zero attached hydrogens (tertiary/aromatic N) is 3. The third-order valence-electron chi connectivity index (χ3n) is 6.03. The Morgan fingerprint density at radius 2 is 1.92 bits per heavy atom. The summed E-state index contributed by atoms with van der Waals surface area (Å²) < 4.78 is 37.8. The number of furan rings is 1. The number of aliphatic hydroxyl groups is 1. The zero-order valence-electron chi connectivity index (χ0n) is 20.6. The molecule has 0 bridgehead atoms. The molecular formula is C24H31N5O6S. The highest BCUT2D eigenvalue weighted by atomic mass is 32.2. The highest BCUT2D eigenvalue weighted by Gasteiger charge is 2.34. The van der Waals surface area contributed by atoms with Crippen LogP contribution in [0.1, 0.15) is 61.5 Å². The first kappa shape index (κ1) is 25.7. The molecule has 0 aliphatic carbocycles. The summed E-state index contributed by atoms with van der Waals surface area (Å²) >= 11 is 0. The van der Waals surface area contributed by atoms with E-state index in [4.69, 9.17) is 4.42 Å². The number of hydrogen-bond donors (Lipinski definition) is 4. The van der Waals surface area contributed by atoms with Crippen molar-refractivity contribution in [3.8, 4) is 5.75 Å². The molecule has 1 amide bonds. The lowest BCUT2D eigenvalue weighted by atomic mass is 9.85. The number of phenolic OH excluding ortho intramolecular Hbond substituents is 1. The number of nitrogens with one attached hydrogen (secondary N) is 2. The minimum atomic E-state index is -4.16. The lowest BCUT2D eigenvalue weighted by Crippen LogP contribution is -2.42. The molecule has 3 heterocycles. The van der Waals surface area contributed by atoms with Crippen LogP contribution in [-0.4, -0.2) is 60.3 Å². The number of aliphatic hydroxyl groups excluding tert-OH is 1. The van der Waals surface area contributed by atoms with Crippen LogP contribution in [0.25, 0.3) is 0 Å². The molecule has 0 radical (unpaired) electrons. The largest absolute Gasteiger partial charge is 0.505 e. The Balaban J connectivity index is 1.61. The minimum Gasteiger partial charge on any atom is -0.505 e. The molecule has 1 aromatic heterocycles. The number of aryl methyl sites for hydroxylation is 1. The second-order valence-electron chi connectivity index (χ2n) is 10.1. The summed E-state index contributed by atoms with van der Waals surface area (Å²) in [5.41, 5.74) is -0.275. The first-order chi connectivity index (χ1) is 16.8. The summed E-state index contributed by atoms with van der Waals surface area (Å²) in [6.45, 7) is 8.37. The van der Waals surface area contributed by atoms with E-state index in [9.17, 15) is 23.4 Å². The van der Waals surface area contributed by atoms with Crippen molar-refractivity contribution in [2.75, 3.05) is 18.4 Å². The number of anilines is 1. The first-order valence-corrected chi connectivity index (χ1v) is 13.1. The Labute approximate surface area is 210 Å².